The lowest BCUT2D eigenvalue weighted by Crippen LogP contribution is -1.91. The molecule has 0 N–H and O–H groups in total. The molecule has 0 aliphatic rings. The highest BCUT2D eigenvalue weighted by molar-refractivity contribution is 7.99. The topological polar surface area (TPSA) is 86.3 Å². The van der Waals surface area contributed by atoms with Gasteiger partial charge in [0.25, 0.3) is 11.4 Å². The summed E-state index contributed by atoms with van der Waals surface area (Å²) in [6.07, 6.45) is 0. The van der Waals surface area contributed by atoms with Crippen molar-refractivity contribution in [3.63, 3.8) is 0 Å². The number of benzene rings is 2. The van der Waals surface area contributed by atoms with Crippen molar-refractivity contribution in [1.29, 1.82) is 0 Å². The summed E-state index contributed by atoms with van der Waals surface area (Å²) in [7, 11) is 0. The number of halogens is 1. The molecule has 0 amide bonds. The lowest BCUT2D eigenvalue weighted by atomic mass is 10.3. The predicted octanol–water partition coefficient (Wildman–Crippen LogP) is 4.31. The molecular formula is C12H7ClN2O4S. The molecule has 2 rings (SSSR count). The summed E-state index contributed by atoms with van der Waals surface area (Å²) in [4.78, 5) is 21.6. The molecule has 2 aromatic carbocycles. The summed E-state index contributed by atoms with van der Waals surface area (Å²) < 4.78 is 0. The Balaban J connectivity index is 2.30. The molecule has 0 aliphatic heterocycles. The van der Waals surface area contributed by atoms with Crippen LogP contribution in [-0.4, -0.2) is 9.85 Å². The fourth-order valence-electron chi connectivity index (χ4n) is 1.48. The number of non-ortho nitro benzene ring substituents is 1. The molecule has 0 saturated carbocycles. The summed E-state index contributed by atoms with van der Waals surface area (Å²) in [5.74, 6) is 0. The predicted molar refractivity (Wildman–Crippen MR) is 75.3 cm³/mol. The monoisotopic (exact) mass is 310 g/mol. The first-order valence-electron chi connectivity index (χ1n) is 5.33. The second-order valence-electron chi connectivity index (χ2n) is 3.72. The number of nitro benzene ring substituents is 2. The first-order valence-corrected chi connectivity index (χ1v) is 6.53. The maximum Gasteiger partial charge on any atom is 0.284 e. The first-order chi connectivity index (χ1) is 9.47. The third kappa shape index (κ3) is 3.25. The molecule has 20 heavy (non-hydrogen) atoms. The number of hydrogen-bond donors (Lipinski definition) is 0. The van der Waals surface area contributed by atoms with E-state index in [4.69, 9.17) is 11.6 Å². The van der Waals surface area contributed by atoms with Gasteiger partial charge >= 0.3 is 0 Å². The van der Waals surface area contributed by atoms with E-state index in [2.05, 4.69) is 0 Å². The van der Waals surface area contributed by atoms with E-state index in [1.165, 1.54) is 18.2 Å². The van der Waals surface area contributed by atoms with Crippen molar-refractivity contribution < 1.29 is 9.85 Å². The molecule has 0 aliphatic carbocycles. The van der Waals surface area contributed by atoms with E-state index in [-0.39, 0.29) is 16.4 Å². The molecule has 0 bridgehead atoms. The van der Waals surface area contributed by atoms with E-state index in [0.717, 1.165) is 11.8 Å². The van der Waals surface area contributed by atoms with E-state index in [0.29, 0.717) is 9.79 Å². The molecule has 0 spiro atoms. The van der Waals surface area contributed by atoms with Gasteiger partial charge in [-0.3, -0.25) is 20.2 Å². The number of hydrogen-bond acceptors (Lipinski definition) is 5. The molecule has 0 saturated heterocycles. The Labute approximate surface area is 122 Å². The van der Waals surface area contributed by atoms with Gasteiger partial charge in [-0.05, 0) is 24.3 Å². The minimum absolute atomic E-state index is 0.0278. The van der Waals surface area contributed by atoms with Crippen molar-refractivity contribution >= 4 is 34.7 Å². The van der Waals surface area contributed by atoms with E-state index >= 15 is 0 Å². The summed E-state index contributed by atoms with van der Waals surface area (Å²) in [6.45, 7) is 0. The zero-order chi connectivity index (χ0) is 14.7. The minimum Gasteiger partial charge on any atom is -0.258 e. The standard InChI is InChI=1S/C12H7ClN2O4S/c13-8-1-6-12(11(7-8)15(18)19)20-10-4-2-9(3-5-10)14(16)17/h1-7H. The van der Waals surface area contributed by atoms with Crippen molar-refractivity contribution in [2.24, 2.45) is 0 Å². The lowest BCUT2D eigenvalue weighted by Gasteiger charge is -2.03. The fraction of sp³-hybridized carbons (Fsp3) is 0. The van der Waals surface area contributed by atoms with Gasteiger partial charge in [-0.15, -0.1) is 0 Å². The van der Waals surface area contributed by atoms with Crippen LogP contribution < -0.4 is 0 Å². The van der Waals surface area contributed by atoms with Crippen LogP contribution >= 0.6 is 23.4 Å². The SMILES string of the molecule is O=[N+]([O-])c1ccc(Sc2ccc(Cl)cc2[N+](=O)[O-])cc1. The summed E-state index contributed by atoms with van der Waals surface area (Å²) in [5, 5.41) is 21.8. The Morgan fingerprint density at radius 2 is 1.60 bits per heavy atom. The van der Waals surface area contributed by atoms with E-state index in [1.807, 2.05) is 0 Å². The second-order valence-corrected chi connectivity index (χ2v) is 5.27. The first kappa shape index (κ1) is 14.3. The molecule has 0 heterocycles. The fourth-order valence-corrected chi connectivity index (χ4v) is 2.55. The highest BCUT2D eigenvalue weighted by Crippen LogP contribution is 2.36. The van der Waals surface area contributed by atoms with Gasteiger partial charge < -0.3 is 0 Å². The molecule has 0 unspecified atom stereocenters. The van der Waals surface area contributed by atoms with Crippen molar-refractivity contribution in [3.05, 3.63) is 67.7 Å². The van der Waals surface area contributed by atoms with Crippen LogP contribution in [0.4, 0.5) is 11.4 Å². The molecule has 0 radical (unpaired) electrons. The molecule has 0 fully saturated rings. The second kappa shape index (κ2) is 5.89. The van der Waals surface area contributed by atoms with Crippen molar-refractivity contribution in [3.8, 4) is 0 Å². The van der Waals surface area contributed by atoms with E-state index < -0.39 is 9.85 Å². The lowest BCUT2D eigenvalue weighted by molar-refractivity contribution is -0.387. The summed E-state index contributed by atoms with van der Waals surface area (Å²) in [6, 6.07) is 10.2. The maximum atomic E-state index is 11.0. The highest BCUT2D eigenvalue weighted by atomic mass is 35.5. The van der Waals surface area contributed by atoms with Gasteiger partial charge in [0, 0.05) is 28.1 Å². The van der Waals surface area contributed by atoms with Gasteiger partial charge in [0.1, 0.15) is 0 Å². The minimum atomic E-state index is -0.514. The smallest absolute Gasteiger partial charge is 0.258 e. The highest BCUT2D eigenvalue weighted by Gasteiger charge is 2.15. The summed E-state index contributed by atoms with van der Waals surface area (Å²) in [5.41, 5.74) is -0.124. The molecule has 0 aromatic heterocycles. The number of nitro groups is 2. The maximum absolute atomic E-state index is 11.0. The largest absolute Gasteiger partial charge is 0.284 e. The van der Waals surface area contributed by atoms with Crippen LogP contribution in [0.3, 0.4) is 0 Å². The van der Waals surface area contributed by atoms with Crippen LogP contribution in [0.15, 0.2) is 52.3 Å². The van der Waals surface area contributed by atoms with Crippen LogP contribution in [0, 0.1) is 20.2 Å². The quantitative estimate of drug-likeness (QED) is 0.620. The molecule has 2 aromatic rings. The van der Waals surface area contributed by atoms with Crippen molar-refractivity contribution in [2.75, 3.05) is 0 Å². The van der Waals surface area contributed by atoms with Crippen LogP contribution in [0.1, 0.15) is 0 Å². The van der Waals surface area contributed by atoms with Crippen LogP contribution in [0.5, 0.6) is 0 Å². The Morgan fingerprint density at radius 3 is 2.15 bits per heavy atom. The van der Waals surface area contributed by atoms with Crippen LogP contribution in [0.2, 0.25) is 5.02 Å². The normalized spacial score (nSPS) is 10.2. The molecule has 0 atom stereocenters. The molecular weight excluding hydrogens is 304 g/mol. The van der Waals surface area contributed by atoms with Crippen LogP contribution in [-0.2, 0) is 0 Å². The molecule has 6 nitrogen and oxygen atoms in total. The third-order valence-corrected chi connectivity index (χ3v) is 3.70. The zero-order valence-corrected chi connectivity index (χ0v) is 11.4. The van der Waals surface area contributed by atoms with Gasteiger partial charge in [-0.2, -0.15) is 0 Å². The van der Waals surface area contributed by atoms with E-state index in [9.17, 15) is 20.2 Å². The van der Waals surface area contributed by atoms with Crippen LogP contribution in [0.25, 0.3) is 0 Å². The Morgan fingerprint density at radius 1 is 0.950 bits per heavy atom. The average molecular weight is 311 g/mol. The number of nitrogens with zero attached hydrogens (tertiary/aromatic N) is 2. The third-order valence-electron chi connectivity index (χ3n) is 2.39. The van der Waals surface area contributed by atoms with Gasteiger partial charge in [-0.1, -0.05) is 23.4 Å². The van der Waals surface area contributed by atoms with Gasteiger partial charge in [0.2, 0.25) is 0 Å². The van der Waals surface area contributed by atoms with Crippen molar-refractivity contribution in [1.82, 2.24) is 0 Å². The summed E-state index contributed by atoms with van der Waals surface area (Å²) >= 11 is 6.88. The Bertz CT molecular complexity index is 676. The average Bonchev–Trinajstić information content (AvgIpc) is 2.41. The molecule has 102 valence electrons. The van der Waals surface area contributed by atoms with E-state index in [1.54, 1.807) is 24.3 Å². The number of rotatable bonds is 4. The van der Waals surface area contributed by atoms with Crippen molar-refractivity contribution in [2.45, 2.75) is 9.79 Å². The molecule has 8 heteroatoms. The van der Waals surface area contributed by atoms with Gasteiger partial charge in [0.05, 0.1) is 14.7 Å². The Kier molecular flexibility index (Phi) is 4.21. The van der Waals surface area contributed by atoms with Gasteiger partial charge in [-0.25, -0.2) is 0 Å². The zero-order valence-electron chi connectivity index (χ0n) is 9.86. The van der Waals surface area contributed by atoms with Gasteiger partial charge in [0.15, 0.2) is 0 Å². The Hall–Kier alpha value is -2.12.